The van der Waals surface area contributed by atoms with Crippen LogP contribution < -0.4 is 5.56 Å². The second-order valence-corrected chi connectivity index (χ2v) is 5.56. The van der Waals surface area contributed by atoms with Gasteiger partial charge in [0.25, 0.3) is 5.56 Å². The van der Waals surface area contributed by atoms with Crippen molar-refractivity contribution >= 4 is 10.9 Å². The van der Waals surface area contributed by atoms with Gasteiger partial charge in [-0.1, -0.05) is 25.1 Å². The largest absolute Gasteiger partial charge is 0.290 e. The van der Waals surface area contributed by atoms with Crippen molar-refractivity contribution in [1.29, 1.82) is 0 Å². The second kappa shape index (κ2) is 5.72. The van der Waals surface area contributed by atoms with Crippen LogP contribution in [0.25, 0.3) is 10.9 Å². The fraction of sp³-hybridized carbons (Fsp3) is 0.278. The number of rotatable bonds is 3. The Balaban J connectivity index is 2.23. The Kier molecular flexibility index (Phi) is 3.75. The lowest BCUT2D eigenvalue weighted by Gasteiger charge is -2.19. The Hall–Kier alpha value is -2.49. The number of para-hydroxylation sites is 1. The lowest BCUT2D eigenvalue weighted by Crippen LogP contribution is -2.27. The third-order valence-electron chi connectivity index (χ3n) is 4.10. The summed E-state index contributed by atoms with van der Waals surface area (Å²) in [7, 11) is 0. The van der Waals surface area contributed by atoms with Gasteiger partial charge in [-0.2, -0.15) is 0 Å². The van der Waals surface area contributed by atoms with E-state index >= 15 is 0 Å². The van der Waals surface area contributed by atoms with Crippen LogP contribution in [0.4, 0.5) is 0 Å². The van der Waals surface area contributed by atoms with E-state index in [4.69, 9.17) is 0 Å². The van der Waals surface area contributed by atoms with Crippen LogP contribution in [0.3, 0.4) is 0 Å². The molecule has 1 aromatic carbocycles. The predicted molar refractivity (Wildman–Crippen MR) is 88.1 cm³/mol. The smallest absolute Gasteiger partial charge is 0.261 e. The third-order valence-corrected chi connectivity index (χ3v) is 4.10. The van der Waals surface area contributed by atoms with Crippen molar-refractivity contribution in [2.24, 2.45) is 0 Å². The molecule has 0 saturated carbocycles. The zero-order valence-corrected chi connectivity index (χ0v) is 13.1. The summed E-state index contributed by atoms with van der Waals surface area (Å²) >= 11 is 0. The molecule has 3 rings (SSSR count). The number of hydrogen-bond donors (Lipinski definition) is 0. The Bertz CT molecular complexity index is 883. The number of aromatic nitrogens is 3. The van der Waals surface area contributed by atoms with Gasteiger partial charge < -0.3 is 0 Å². The molecule has 4 heteroatoms. The van der Waals surface area contributed by atoms with Crippen molar-refractivity contribution < 1.29 is 0 Å². The molecule has 0 bridgehead atoms. The summed E-state index contributed by atoms with van der Waals surface area (Å²) in [5.41, 5.74) is 3.80. The minimum Gasteiger partial charge on any atom is -0.290 e. The molecule has 2 heterocycles. The van der Waals surface area contributed by atoms with Crippen molar-refractivity contribution in [1.82, 2.24) is 14.5 Å². The topological polar surface area (TPSA) is 47.8 Å². The van der Waals surface area contributed by atoms with Crippen LogP contribution in [0.15, 0.2) is 47.7 Å². The molecule has 3 aromatic rings. The molecule has 1 atom stereocenters. The highest BCUT2D eigenvalue weighted by atomic mass is 16.1. The number of pyridine rings is 1. The van der Waals surface area contributed by atoms with Crippen molar-refractivity contribution in [3.63, 3.8) is 0 Å². The molecule has 2 aromatic heterocycles. The maximum Gasteiger partial charge on any atom is 0.261 e. The van der Waals surface area contributed by atoms with Crippen LogP contribution in [0.1, 0.15) is 36.2 Å². The van der Waals surface area contributed by atoms with E-state index in [0.29, 0.717) is 5.39 Å². The van der Waals surface area contributed by atoms with Crippen LogP contribution in [0.5, 0.6) is 0 Å². The van der Waals surface area contributed by atoms with Crippen molar-refractivity contribution in [2.45, 2.75) is 33.2 Å². The minimum absolute atomic E-state index is 0.00870. The van der Waals surface area contributed by atoms with E-state index in [1.165, 1.54) is 0 Å². The third kappa shape index (κ3) is 2.30. The van der Waals surface area contributed by atoms with Gasteiger partial charge in [0.05, 0.1) is 29.0 Å². The lowest BCUT2D eigenvalue weighted by atomic mass is 10.1. The highest BCUT2D eigenvalue weighted by Crippen LogP contribution is 2.22. The maximum absolute atomic E-state index is 12.9. The highest BCUT2D eigenvalue weighted by Gasteiger charge is 2.18. The molecule has 0 N–H and O–H groups in total. The molecule has 0 spiro atoms. The molecule has 0 amide bonds. The molecule has 0 aliphatic rings. The summed E-state index contributed by atoms with van der Waals surface area (Å²) in [5, 5.41) is 0.662. The summed E-state index contributed by atoms with van der Waals surface area (Å²) in [4.78, 5) is 21.8. The molecule has 0 aliphatic carbocycles. The number of hydrogen-bond acceptors (Lipinski definition) is 3. The van der Waals surface area contributed by atoms with E-state index in [1.807, 2.05) is 44.2 Å². The highest BCUT2D eigenvalue weighted by molar-refractivity contribution is 5.80. The molecular formula is C18H19N3O. The first-order valence-corrected chi connectivity index (χ1v) is 7.51. The van der Waals surface area contributed by atoms with Gasteiger partial charge in [-0.05, 0) is 43.5 Å². The van der Waals surface area contributed by atoms with Gasteiger partial charge in [0.2, 0.25) is 0 Å². The van der Waals surface area contributed by atoms with Crippen LogP contribution >= 0.6 is 0 Å². The molecule has 0 saturated heterocycles. The average molecular weight is 293 g/mol. The molecule has 1 unspecified atom stereocenters. The van der Waals surface area contributed by atoms with Crippen LogP contribution in [0.2, 0.25) is 0 Å². The van der Waals surface area contributed by atoms with Gasteiger partial charge in [-0.25, -0.2) is 4.98 Å². The van der Waals surface area contributed by atoms with Gasteiger partial charge in [-0.3, -0.25) is 14.3 Å². The monoisotopic (exact) mass is 293 g/mol. The standard InChI is InChI=1S/C18H19N3O/c1-4-15(17-13(3)8-6-10-19-17)21-11-20-16-12(2)7-5-9-14(16)18(21)22/h5-11,15H,4H2,1-3H3. The van der Waals surface area contributed by atoms with Crippen molar-refractivity contribution in [2.75, 3.05) is 0 Å². The molecular weight excluding hydrogens is 274 g/mol. The van der Waals surface area contributed by atoms with Gasteiger partial charge in [0, 0.05) is 6.20 Å². The normalized spacial score (nSPS) is 12.5. The van der Waals surface area contributed by atoms with E-state index in [-0.39, 0.29) is 11.6 Å². The molecule has 0 fully saturated rings. The molecule has 0 radical (unpaired) electrons. The van der Waals surface area contributed by atoms with Crippen LogP contribution in [-0.4, -0.2) is 14.5 Å². The van der Waals surface area contributed by atoms with Crippen molar-refractivity contribution in [3.8, 4) is 0 Å². The first-order chi connectivity index (χ1) is 10.6. The Labute approximate surface area is 129 Å². The van der Waals surface area contributed by atoms with E-state index in [1.54, 1.807) is 17.1 Å². The first-order valence-electron chi connectivity index (χ1n) is 7.51. The second-order valence-electron chi connectivity index (χ2n) is 5.56. The zero-order valence-electron chi connectivity index (χ0n) is 13.1. The van der Waals surface area contributed by atoms with E-state index in [0.717, 1.165) is 28.8 Å². The quantitative estimate of drug-likeness (QED) is 0.743. The van der Waals surface area contributed by atoms with E-state index < -0.39 is 0 Å². The van der Waals surface area contributed by atoms with E-state index in [9.17, 15) is 4.79 Å². The van der Waals surface area contributed by atoms with Gasteiger partial charge >= 0.3 is 0 Å². The number of nitrogens with zero attached hydrogens (tertiary/aromatic N) is 3. The summed E-state index contributed by atoms with van der Waals surface area (Å²) in [6, 6.07) is 9.56. The predicted octanol–water partition coefficient (Wildman–Crippen LogP) is 3.41. The van der Waals surface area contributed by atoms with Crippen LogP contribution in [-0.2, 0) is 0 Å². The summed E-state index contributed by atoms with van der Waals surface area (Å²) in [6.45, 7) is 6.06. The number of aryl methyl sites for hydroxylation is 2. The fourth-order valence-electron chi connectivity index (χ4n) is 2.90. The first kappa shape index (κ1) is 14.4. The SMILES string of the molecule is CCC(c1ncccc1C)n1cnc2c(C)cccc2c1=O. The summed E-state index contributed by atoms with van der Waals surface area (Å²) in [6.07, 6.45) is 4.21. The average Bonchev–Trinajstić information content (AvgIpc) is 2.52. The maximum atomic E-state index is 12.9. The number of fused-ring (bicyclic) bond motifs is 1. The fourth-order valence-corrected chi connectivity index (χ4v) is 2.90. The summed E-state index contributed by atoms with van der Waals surface area (Å²) in [5.74, 6) is 0. The number of benzene rings is 1. The van der Waals surface area contributed by atoms with Crippen molar-refractivity contribution in [3.05, 3.63) is 70.0 Å². The van der Waals surface area contributed by atoms with Gasteiger partial charge in [0.15, 0.2) is 0 Å². The molecule has 0 aliphatic heterocycles. The Morgan fingerprint density at radius 1 is 1.09 bits per heavy atom. The lowest BCUT2D eigenvalue weighted by molar-refractivity contribution is 0.528. The minimum atomic E-state index is -0.0916. The van der Waals surface area contributed by atoms with E-state index in [2.05, 4.69) is 16.9 Å². The molecule has 22 heavy (non-hydrogen) atoms. The van der Waals surface area contributed by atoms with Gasteiger partial charge in [0.1, 0.15) is 0 Å². The molecule has 112 valence electrons. The zero-order chi connectivity index (χ0) is 15.7. The van der Waals surface area contributed by atoms with Gasteiger partial charge in [-0.15, -0.1) is 0 Å². The summed E-state index contributed by atoms with van der Waals surface area (Å²) < 4.78 is 1.71. The Morgan fingerprint density at radius 2 is 1.86 bits per heavy atom. The van der Waals surface area contributed by atoms with Crippen LogP contribution in [0, 0.1) is 13.8 Å². The Morgan fingerprint density at radius 3 is 2.59 bits per heavy atom. The molecule has 4 nitrogen and oxygen atoms in total.